The number of hydrogen-bond acceptors (Lipinski definition) is 3. The standard InChI is InChI=1S/C19H20ClNO3/c1-2-24-19(23)16-12-14(11-13-6-8-15(20)9-7-13)18(22)21-10-4-3-5-17(16)21/h6-9,12H,2-5,10-11H2,1H3. The third kappa shape index (κ3) is 3.39. The molecule has 1 aromatic carbocycles. The van der Waals surface area contributed by atoms with Crippen LogP contribution in [0.25, 0.3) is 0 Å². The smallest absolute Gasteiger partial charge is 0.339 e. The summed E-state index contributed by atoms with van der Waals surface area (Å²) in [5.41, 5.74) is 2.94. The minimum atomic E-state index is -0.347. The first-order chi connectivity index (χ1) is 11.6. The summed E-state index contributed by atoms with van der Waals surface area (Å²) in [6.07, 6.45) is 3.16. The lowest BCUT2D eigenvalue weighted by atomic mass is 9.98. The van der Waals surface area contributed by atoms with E-state index in [-0.39, 0.29) is 11.5 Å². The summed E-state index contributed by atoms with van der Waals surface area (Å²) in [6.45, 7) is 2.77. The van der Waals surface area contributed by atoms with Crippen LogP contribution in [0.2, 0.25) is 5.02 Å². The zero-order valence-electron chi connectivity index (χ0n) is 13.7. The van der Waals surface area contributed by atoms with E-state index in [0.29, 0.717) is 35.7 Å². The minimum Gasteiger partial charge on any atom is -0.462 e. The second-order valence-corrected chi connectivity index (χ2v) is 6.40. The molecule has 1 aliphatic heterocycles. The van der Waals surface area contributed by atoms with Crippen molar-refractivity contribution in [2.24, 2.45) is 0 Å². The van der Waals surface area contributed by atoms with Crippen molar-refractivity contribution in [3.63, 3.8) is 0 Å². The van der Waals surface area contributed by atoms with Gasteiger partial charge in [0.05, 0.1) is 12.2 Å². The summed E-state index contributed by atoms with van der Waals surface area (Å²) in [6, 6.07) is 9.12. The lowest BCUT2D eigenvalue weighted by Gasteiger charge is -2.22. The Morgan fingerprint density at radius 3 is 2.71 bits per heavy atom. The van der Waals surface area contributed by atoms with Crippen LogP contribution in [0.15, 0.2) is 35.1 Å². The zero-order valence-corrected chi connectivity index (χ0v) is 14.4. The van der Waals surface area contributed by atoms with Crippen LogP contribution in [0.1, 0.15) is 46.9 Å². The molecule has 24 heavy (non-hydrogen) atoms. The van der Waals surface area contributed by atoms with Crippen molar-refractivity contribution >= 4 is 17.6 Å². The summed E-state index contributed by atoms with van der Waals surface area (Å²) >= 11 is 5.92. The lowest BCUT2D eigenvalue weighted by molar-refractivity contribution is 0.0523. The summed E-state index contributed by atoms with van der Waals surface area (Å²) in [7, 11) is 0. The Bertz CT molecular complexity index is 809. The summed E-state index contributed by atoms with van der Waals surface area (Å²) in [5, 5.41) is 0.660. The molecular formula is C19H20ClNO3. The van der Waals surface area contributed by atoms with Crippen LogP contribution in [0.5, 0.6) is 0 Å². The number of rotatable bonds is 4. The van der Waals surface area contributed by atoms with Crippen molar-refractivity contribution < 1.29 is 9.53 Å². The van der Waals surface area contributed by atoms with Crippen molar-refractivity contribution in [1.82, 2.24) is 4.57 Å². The molecule has 2 heterocycles. The average Bonchev–Trinajstić information content (AvgIpc) is 2.59. The van der Waals surface area contributed by atoms with Gasteiger partial charge in [-0.15, -0.1) is 0 Å². The fourth-order valence-corrected chi connectivity index (χ4v) is 3.29. The molecule has 0 radical (unpaired) electrons. The number of fused-ring (bicyclic) bond motifs is 1. The third-order valence-corrected chi connectivity index (χ3v) is 4.58. The molecule has 126 valence electrons. The summed E-state index contributed by atoms with van der Waals surface area (Å²) < 4.78 is 6.93. The van der Waals surface area contributed by atoms with Gasteiger partial charge >= 0.3 is 5.97 Å². The number of aromatic nitrogens is 1. The number of carbonyl (C=O) groups is 1. The van der Waals surface area contributed by atoms with Gasteiger partial charge in [0, 0.05) is 29.2 Å². The normalized spacial score (nSPS) is 13.4. The predicted octanol–water partition coefficient (Wildman–Crippen LogP) is 3.61. The van der Waals surface area contributed by atoms with Gasteiger partial charge in [0.25, 0.3) is 5.56 Å². The second kappa shape index (κ2) is 7.22. The lowest BCUT2D eigenvalue weighted by Crippen LogP contribution is -2.32. The van der Waals surface area contributed by atoms with Crippen LogP contribution in [0.3, 0.4) is 0 Å². The van der Waals surface area contributed by atoms with E-state index in [0.717, 1.165) is 30.5 Å². The zero-order chi connectivity index (χ0) is 17.1. The van der Waals surface area contributed by atoms with E-state index in [9.17, 15) is 9.59 Å². The molecule has 4 nitrogen and oxygen atoms in total. The molecule has 0 saturated heterocycles. The van der Waals surface area contributed by atoms with E-state index >= 15 is 0 Å². The van der Waals surface area contributed by atoms with Gasteiger partial charge in [-0.25, -0.2) is 4.79 Å². The van der Waals surface area contributed by atoms with Crippen LogP contribution in [0.4, 0.5) is 0 Å². The van der Waals surface area contributed by atoms with E-state index in [4.69, 9.17) is 16.3 Å². The van der Waals surface area contributed by atoms with Gasteiger partial charge < -0.3 is 9.30 Å². The van der Waals surface area contributed by atoms with Crippen molar-refractivity contribution in [2.45, 2.75) is 39.2 Å². The van der Waals surface area contributed by atoms with Gasteiger partial charge in [-0.2, -0.15) is 0 Å². The Hall–Kier alpha value is -2.07. The van der Waals surface area contributed by atoms with E-state index in [1.807, 2.05) is 12.1 Å². The van der Waals surface area contributed by atoms with E-state index in [1.54, 1.807) is 29.7 Å². The van der Waals surface area contributed by atoms with E-state index in [1.165, 1.54) is 0 Å². The first-order valence-electron chi connectivity index (χ1n) is 8.27. The van der Waals surface area contributed by atoms with Gasteiger partial charge in [0.2, 0.25) is 0 Å². The van der Waals surface area contributed by atoms with Crippen molar-refractivity contribution in [3.05, 3.63) is 68.1 Å². The van der Waals surface area contributed by atoms with Crippen molar-refractivity contribution in [1.29, 1.82) is 0 Å². The van der Waals surface area contributed by atoms with Gasteiger partial charge in [-0.3, -0.25) is 4.79 Å². The molecule has 0 saturated carbocycles. The molecule has 0 aliphatic carbocycles. The quantitative estimate of drug-likeness (QED) is 0.795. The Morgan fingerprint density at radius 2 is 2.00 bits per heavy atom. The molecule has 0 spiro atoms. The highest BCUT2D eigenvalue weighted by Crippen LogP contribution is 2.20. The van der Waals surface area contributed by atoms with Crippen LogP contribution in [-0.2, 0) is 24.1 Å². The first-order valence-corrected chi connectivity index (χ1v) is 8.65. The fraction of sp³-hybridized carbons (Fsp3) is 0.368. The summed E-state index contributed by atoms with van der Waals surface area (Å²) in [5.74, 6) is -0.347. The number of hydrogen-bond donors (Lipinski definition) is 0. The third-order valence-electron chi connectivity index (χ3n) is 4.32. The first kappa shape index (κ1) is 16.8. The number of ether oxygens (including phenoxy) is 1. The molecule has 0 atom stereocenters. The highest BCUT2D eigenvalue weighted by atomic mass is 35.5. The maximum atomic E-state index is 12.8. The monoisotopic (exact) mass is 345 g/mol. The van der Waals surface area contributed by atoms with E-state index in [2.05, 4.69) is 0 Å². The van der Waals surface area contributed by atoms with Gasteiger partial charge in [0.1, 0.15) is 0 Å². The molecular weight excluding hydrogens is 326 g/mol. The number of carbonyl (C=O) groups excluding carboxylic acids is 1. The minimum absolute atomic E-state index is 0.00676. The SMILES string of the molecule is CCOC(=O)c1cc(Cc2ccc(Cl)cc2)c(=O)n2c1CCCC2. The maximum Gasteiger partial charge on any atom is 0.339 e. The number of pyridine rings is 1. The van der Waals surface area contributed by atoms with Gasteiger partial charge in [0.15, 0.2) is 0 Å². The molecule has 2 aromatic rings. The molecule has 0 N–H and O–H groups in total. The fourth-order valence-electron chi connectivity index (χ4n) is 3.16. The number of benzene rings is 1. The Balaban J connectivity index is 2.05. The molecule has 1 aliphatic rings. The van der Waals surface area contributed by atoms with E-state index < -0.39 is 0 Å². The van der Waals surface area contributed by atoms with Crippen molar-refractivity contribution in [3.8, 4) is 0 Å². The number of esters is 1. The highest BCUT2D eigenvalue weighted by Gasteiger charge is 2.22. The van der Waals surface area contributed by atoms with Crippen molar-refractivity contribution in [2.75, 3.05) is 6.61 Å². The van der Waals surface area contributed by atoms with Crippen LogP contribution in [0, 0.1) is 0 Å². The number of nitrogens with zero attached hydrogens (tertiary/aromatic N) is 1. The Labute approximate surface area is 146 Å². The average molecular weight is 346 g/mol. The van der Waals surface area contributed by atoms with Crippen LogP contribution < -0.4 is 5.56 Å². The topological polar surface area (TPSA) is 48.3 Å². The Kier molecular flexibility index (Phi) is 5.05. The van der Waals surface area contributed by atoms with Crippen LogP contribution >= 0.6 is 11.6 Å². The molecule has 5 heteroatoms. The predicted molar refractivity (Wildman–Crippen MR) is 93.9 cm³/mol. The molecule has 0 amide bonds. The van der Waals surface area contributed by atoms with Gasteiger partial charge in [-0.05, 0) is 49.9 Å². The molecule has 0 unspecified atom stereocenters. The number of halogens is 1. The molecule has 3 rings (SSSR count). The van der Waals surface area contributed by atoms with Crippen LogP contribution in [-0.4, -0.2) is 17.1 Å². The molecule has 0 bridgehead atoms. The maximum absolute atomic E-state index is 12.8. The molecule has 1 aromatic heterocycles. The summed E-state index contributed by atoms with van der Waals surface area (Å²) in [4.78, 5) is 25.1. The second-order valence-electron chi connectivity index (χ2n) is 5.97. The largest absolute Gasteiger partial charge is 0.462 e. The van der Waals surface area contributed by atoms with Gasteiger partial charge in [-0.1, -0.05) is 23.7 Å². The highest BCUT2D eigenvalue weighted by molar-refractivity contribution is 6.30. The molecule has 0 fully saturated rings. The Morgan fingerprint density at radius 1 is 1.25 bits per heavy atom.